The van der Waals surface area contributed by atoms with Crippen molar-refractivity contribution in [1.82, 2.24) is 0 Å². The molecule has 0 aliphatic heterocycles. The zero-order chi connectivity index (χ0) is 12.3. The van der Waals surface area contributed by atoms with Crippen molar-refractivity contribution in [2.45, 2.75) is 12.5 Å². The quantitative estimate of drug-likeness (QED) is 0.829. The molecule has 0 saturated carbocycles. The van der Waals surface area contributed by atoms with E-state index in [-0.39, 0.29) is 5.75 Å². The summed E-state index contributed by atoms with van der Waals surface area (Å²) in [5, 5.41) is 17.9. The number of ether oxygens (including phenoxy) is 1. The Morgan fingerprint density at radius 1 is 1.44 bits per heavy atom. The Labute approximate surface area is 90.1 Å². The largest absolute Gasteiger partial charge is 0.496 e. The fourth-order valence-corrected chi connectivity index (χ4v) is 1.35. The van der Waals surface area contributed by atoms with Gasteiger partial charge in [0.2, 0.25) is 0 Å². The molecule has 0 radical (unpaired) electrons. The molecule has 0 aliphatic rings. The van der Waals surface area contributed by atoms with Gasteiger partial charge in [0, 0.05) is 11.1 Å². The average molecular weight is 232 g/mol. The van der Waals surface area contributed by atoms with Gasteiger partial charge in [0.15, 0.2) is 6.10 Å². The Morgan fingerprint density at radius 3 is 2.50 bits per heavy atom. The minimum atomic E-state index is -2.88. The molecule has 0 heterocycles. The smallest absolute Gasteiger partial charge is 0.337 e. The molecule has 4 nitrogen and oxygen atoms in total. The first kappa shape index (κ1) is 12.4. The number of carboxylic acid groups (broad SMARTS) is 1. The van der Waals surface area contributed by atoms with Crippen LogP contribution in [0.4, 0.5) is 8.78 Å². The first-order chi connectivity index (χ1) is 7.49. The number of methoxy groups -OCH3 is 1. The van der Waals surface area contributed by atoms with Crippen molar-refractivity contribution in [3.05, 3.63) is 29.3 Å². The van der Waals surface area contributed by atoms with Gasteiger partial charge in [0.25, 0.3) is 6.43 Å². The van der Waals surface area contributed by atoms with Crippen LogP contribution in [0.3, 0.4) is 0 Å². The normalized spacial score (nSPS) is 12.6. The number of alkyl halides is 2. The van der Waals surface area contributed by atoms with Gasteiger partial charge in [-0.3, -0.25) is 0 Å². The minimum absolute atomic E-state index is 0.0762. The molecule has 1 rings (SSSR count). The molecule has 0 saturated heterocycles. The predicted molar refractivity (Wildman–Crippen MR) is 50.5 cm³/mol. The van der Waals surface area contributed by atoms with Crippen molar-refractivity contribution in [1.29, 1.82) is 0 Å². The van der Waals surface area contributed by atoms with Gasteiger partial charge in [-0.05, 0) is 6.07 Å². The lowest BCUT2D eigenvalue weighted by Gasteiger charge is -2.15. The molecular formula is C10H10F2O4. The fourth-order valence-electron chi connectivity index (χ4n) is 1.35. The number of aliphatic hydroxyl groups excluding tert-OH is 1. The van der Waals surface area contributed by atoms with E-state index in [2.05, 4.69) is 0 Å². The van der Waals surface area contributed by atoms with Crippen LogP contribution in [-0.4, -0.2) is 23.3 Å². The summed E-state index contributed by atoms with van der Waals surface area (Å²) in [6.45, 7) is 0. The van der Waals surface area contributed by atoms with E-state index in [1.165, 1.54) is 19.2 Å². The molecular weight excluding hydrogens is 222 g/mol. The zero-order valence-corrected chi connectivity index (χ0v) is 8.35. The van der Waals surface area contributed by atoms with Gasteiger partial charge in [-0.1, -0.05) is 12.1 Å². The van der Waals surface area contributed by atoms with Crippen molar-refractivity contribution in [2.75, 3.05) is 7.11 Å². The molecule has 2 N–H and O–H groups in total. The maximum Gasteiger partial charge on any atom is 0.337 e. The van der Waals surface area contributed by atoms with Gasteiger partial charge in [-0.15, -0.1) is 0 Å². The van der Waals surface area contributed by atoms with E-state index < -0.39 is 29.6 Å². The molecule has 1 atom stereocenters. The number of benzene rings is 1. The highest BCUT2D eigenvalue weighted by molar-refractivity contribution is 5.76. The van der Waals surface area contributed by atoms with E-state index >= 15 is 0 Å². The third kappa shape index (κ3) is 2.27. The zero-order valence-electron chi connectivity index (χ0n) is 8.35. The van der Waals surface area contributed by atoms with Crippen LogP contribution in [0.1, 0.15) is 23.7 Å². The number of hydrogen-bond donors (Lipinski definition) is 2. The molecule has 88 valence electrons. The molecule has 16 heavy (non-hydrogen) atoms. The Kier molecular flexibility index (Phi) is 3.78. The first-order valence-corrected chi connectivity index (χ1v) is 4.34. The van der Waals surface area contributed by atoms with Crippen LogP contribution in [0.5, 0.6) is 5.75 Å². The Hall–Kier alpha value is -1.69. The van der Waals surface area contributed by atoms with E-state index in [0.717, 1.165) is 6.07 Å². The number of carbonyl (C=O) groups is 1. The van der Waals surface area contributed by atoms with Crippen LogP contribution in [-0.2, 0) is 4.79 Å². The van der Waals surface area contributed by atoms with E-state index in [4.69, 9.17) is 9.84 Å². The molecule has 0 aromatic heterocycles. The summed E-state index contributed by atoms with van der Waals surface area (Å²) >= 11 is 0. The second kappa shape index (κ2) is 4.89. The lowest BCUT2D eigenvalue weighted by molar-refractivity contribution is -0.147. The molecule has 0 aliphatic carbocycles. The van der Waals surface area contributed by atoms with Gasteiger partial charge >= 0.3 is 5.97 Å². The predicted octanol–water partition coefficient (Wildman–Crippen LogP) is 1.75. The van der Waals surface area contributed by atoms with Gasteiger partial charge in [-0.25, -0.2) is 13.6 Å². The van der Waals surface area contributed by atoms with Crippen molar-refractivity contribution >= 4 is 5.97 Å². The standard InChI is InChI=1S/C10H10F2O4/c1-16-6-4-2-3-5(9(11)12)7(6)8(13)10(14)15/h2-4,8-9,13H,1H3,(H,14,15). The van der Waals surface area contributed by atoms with Crippen LogP contribution >= 0.6 is 0 Å². The average Bonchev–Trinajstić information content (AvgIpc) is 2.26. The Balaban J connectivity index is 3.35. The summed E-state index contributed by atoms with van der Waals surface area (Å²) < 4.78 is 30.0. The number of rotatable bonds is 4. The molecule has 0 amide bonds. The number of hydrogen-bond acceptors (Lipinski definition) is 3. The molecule has 6 heteroatoms. The Morgan fingerprint density at radius 2 is 2.06 bits per heavy atom. The molecule has 1 aromatic rings. The summed E-state index contributed by atoms with van der Waals surface area (Å²) in [7, 11) is 1.21. The van der Waals surface area contributed by atoms with E-state index in [0.29, 0.717) is 0 Å². The number of aliphatic carboxylic acids is 1. The van der Waals surface area contributed by atoms with Crippen LogP contribution in [0.15, 0.2) is 18.2 Å². The molecule has 0 fully saturated rings. The molecule has 1 unspecified atom stereocenters. The first-order valence-electron chi connectivity index (χ1n) is 4.34. The Bertz CT molecular complexity index is 392. The molecule has 0 bridgehead atoms. The van der Waals surface area contributed by atoms with E-state index in [1.807, 2.05) is 0 Å². The van der Waals surface area contributed by atoms with E-state index in [9.17, 15) is 18.7 Å². The van der Waals surface area contributed by atoms with Gasteiger partial charge in [0.05, 0.1) is 7.11 Å². The van der Waals surface area contributed by atoms with Crippen LogP contribution in [0.25, 0.3) is 0 Å². The second-order valence-corrected chi connectivity index (χ2v) is 3.00. The number of aliphatic hydroxyl groups is 1. The summed E-state index contributed by atoms with van der Waals surface area (Å²) in [6, 6.07) is 3.67. The third-order valence-electron chi connectivity index (χ3n) is 2.06. The lowest BCUT2D eigenvalue weighted by Crippen LogP contribution is -2.14. The SMILES string of the molecule is COc1cccc(C(F)F)c1C(O)C(=O)O. The molecule has 1 aromatic carbocycles. The van der Waals surface area contributed by atoms with Gasteiger partial charge < -0.3 is 14.9 Å². The summed E-state index contributed by atoms with van der Waals surface area (Å²) in [5.41, 5.74) is -0.957. The maximum absolute atomic E-state index is 12.6. The van der Waals surface area contributed by atoms with Gasteiger partial charge in [0.1, 0.15) is 5.75 Å². The van der Waals surface area contributed by atoms with Crippen LogP contribution < -0.4 is 4.74 Å². The van der Waals surface area contributed by atoms with Gasteiger partial charge in [-0.2, -0.15) is 0 Å². The van der Waals surface area contributed by atoms with Crippen LogP contribution in [0, 0.1) is 0 Å². The highest BCUT2D eigenvalue weighted by atomic mass is 19.3. The summed E-state index contributed by atoms with van der Waals surface area (Å²) in [6.07, 6.45) is -4.90. The number of carboxylic acids is 1. The second-order valence-electron chi connectivity index (χ2n) is 3.00. The van der Waals surface area contributed by atoms with E-state index in [1.54, 1.807) is 0 Å². The number of halogens is 2. The minimum Gasteiger partial charge on any atom is -0.496 e. The lowest BCUT2D eigenvalue weighted by atomic mass is 10.0. The summed E-state index contributed by atoms with van der Waals surface area (Å²) in [4.78, 5) is 10.6. The van der Waals surface area contributed by atoms with Crippen molar-refractivity contribution in [2.24, 2.45) is 0 Å². The van der Waals surface area contributed by atoms with Crippen molar-refractivity contribution < 1.29 is 28.5 Å². The topological polar surface area (TPSA) is 66.8 Å². The fraction of sp³-hybridized carbons (Fsp3) is 0.300. The monoisotopic (exact) mass is 232 g/mol. The summed E-state index contributed by atoms with van der Waals surface area (Å²) in [5.74, 6) is -1.68. The highest BCUT2D eigenvalue weighted by Gasteiger charge is 2.27. The van der Waals surface area contributed by atoms with Crippen LogP contribution in [0.2, 0.25) is 0 Å². The third-order valence-corrected chi connectivity index (χ3v) is 2.06. The van der Waals surface area contributed by atoms with Crippen molar-refractivity contribution in [3.8, 4) is 5.75 Å². The molecule has 0 spiro atoms. The highest BCUT2D eigenvalue weighted by Crippen LogP contribution is 2.34. The maximum atomic E-state index is 12.6. The van der Waals surface area contributed by atoms with Crippen molar-refractivity contribution in [3.63, 3.8) is 0 Å².